The molecule has 0 bridgehead atoms. The van der Waals surface area contributed by atoms with Crippen LogP contribution in [-0.2, 0) is 11.3 Å². The third-order valence-electron chi connectivity index (χ3n) is 2.56. The monoisotopic (exact) mass is 246 g/mol. The summed E-state index contributed by atoms with van der Waals surface area (Å²) in [5, 5.41) is 0. The Hall–Kier alpha value is -1.87. The molecular weight excluding hydrogens is 231 g/mol. The minimum atomic E-state index is -0.307. The van der Waals surface area contributed by atoms with E-state index >= 15 is 0 Å². The fraction of sp³-hybridized carbons (Fsp3) is 0.200. The number of ether oxygens (including phenoxy) is 2. The minimum Gasteiger partial charge on any atom is -0.467 e. The fourth-order valence-electron chi connectivity index (χ4n) is 1.57. The molecule has 2 aromatic rings. The molecule has 94 valence electrons. The molecule has 0 aromatic heterocycles. The number of rotatable bonds is 5. The molecule has 0 heterocycles. The lowest BCUT2D eigenvalue weighted by atomic mass is 10.2. The highest BCUT2D eigenvalue weighted by Crippen LogP contribution is 2.18. The zero-order valence-electron chi connectivity index (χ0n) is 10.2. The molecular formula is C15H15FO2. The van der Waals surface area contributed by atoms with Gasteiger partial charge in [0.05, 0.1) is 6.61 Å². The first kappa shape index (κ1) is 12.6. The van der Waals surface area contributed by atoms with Crippen molar-refractivity contribution in [2.45, 2.75) is 13.5 Å². The summed E-state index contributed by atoms with van der Waals surface area (Å²) < 4.78 is 23.8. The molecule has 0 N–H and O–H groups in total. The van der Waals surface area contributed by atoms with Gasteiger partial charge >= 0.3 is 0 Å². The van der Waals surface area contributed by atoms with Gasteiger partial charge in [-0.25, -0.2) is 4.39 Å². The van der Waals surface area contributed by atoms with Crippen molar-refractivity contribution in [2.75, 3.05) is 6.79 Å². The Bertz CT molecular complexity index is 497. The molecule has 0 spiro atoms. The fourth-order valence-corrected chi connectivity index (χ4v) is 1.57. The Kier molecular flexibility index (Phi) is 4.31. The molecule has 18 heavy (non-hydrogen) atoms. The molecule has 0 unspecified atom stereocenters. The summed E-state index contributed by atoms with van der Waals surface area (Å²) in [6.45, 7) is 2.46. The number of hydrogen-bond donors (Lipinski definition) is 0. The lowest BCUT2D eigenvalue weighted by Gasteiger charge is -2.09. The van der Waals surface area contributed by atoms with E-state index in [-0.39, 0.29) is 12.6 Å². The highest BCUT2D eigenvalue weighted by Gasteiger charge is 2.01. The van der Waals surface area contributed by atoms with E-state index in [2.05, 4.69) is 0 Å². The van der Waals surface area contributed by atoms with Crippen molar-refractivity contribution in [1.82, 2.24) is 0 Å². The van der Waals surface area contributed by atoms with Gasteiger partial charge in [-0.1, -0.05) is 36.4 Å². The largest absolute Gasteiger partial charge is 0.467 e. The van der Waals surface area contributed by atoms with Crippen molar-refractivity contribution >= 4 is 0 Å². The van der Waals surface area contributed by atoms with Gasteiger partial charge in [-0.3, -0.25) is 0 Å². The Morgan fingerprint density at radius 1 is 1.06 bits per heavy atom. The molecule has 0 fully saturated rings. The van der Waals surface area contributed by atoms with Gasteiger partial charge in [-0.15, -0.1) is 0 Å². The Morgan fingerprint density at radius 2 is 1.83 bits per heavy atom. The summed E-state index contributed by atoms with van der Waals surface area (Å²) in [6.07, 6.45) is 0. The number of benzene rings is 2. The molecule has 0 amide bonds. The average Bonchev–Trinajstić information content (AvgIpc) is 2.40. The zero-order chi connectivity index (χ0) is 12.8. The van der Waals surface area contributed by atoms with Crippen LogP contribution in [0.3, 0.4) is 0 Å². The van der Waals surface area contributed by atoms with Gasteiger partial charge in [-0.2, -0.15) is 0 Å². The van der Waals surface area contributed by atoms with E-state index in [1.165, 1.54) is 12.1 Å². The van der Waals surface area contributed by atoms with Crippen LogP contribution in [0.5, 0.6) is 5.75 Å². The quantitative estimate of drug-likeness (QED) is 0.591. The standard InChI is InChI=1S/C15H15FO2/c1-12-7-8-14(16)9-15(12)18-11-17-10-13-5-3-2-4-6-13/h2-9H,10-11H2,1H3. The first-order valence-electron chi connectivity index (χ1n) is 5.76. The van der Waals surface area contributed by atoms with Crippen LogP contribution in [0.25, 0.3) is 0 Å². The zero-order valence-corrected chi connectivity index (χ0v) is 10.2. The summed E-state index contributed by atoms with van der Waals surface area (Å²) in [4.78, 5) is 0. The third-order valence-corrected chi connectivity index (χ3v) is 2.56. The van der Waals surface area contributed by atoms with Crippen LogP contribution in [-0.4, -0.2) is 6.79 Å². The predicted octanol–water partition coefficient (Wildman–Crippen LogP) is 3.69. The summed E-state index contributed by atoms with van der Waals surface area (Å²) in [5.74, 6) is 0.210. The molecule has 0 saturated carbocycles. The van der Waals surface area contributed by atoms with E-state index in [0.717, 1.165) is 11.1 Å². The molecule has 2 nitrogen and oxygen atoms in total. The Labute approximate surface area is 106 Å². The number of aryl methyl sites for hydroxylation is 1. The van der Waals surface area contributed by atoms with Crippen LogP contribution in [0.15, 0.2) is 48.5 Å². The van der Waals surface area contributed by atoms with Crippen molar-refractivity contribution in [2.24, 2.45) is 0 Å². The molecule has 0 radical (unpaired) electrons. The summed E-state index contributed by atoms with van der Waals surface area (Å²) in [6, 6.07) is 14.3. The first-order chi connectivity index (χ1) is 8.75. The van der Waals surface area contributed by atoms with Crippen LogP contribution < -0.4 is 4.74 Å². The Morgan fingerprint density at radius 3 is 2.61 bits per heavy atom. The minimum absolute atomic E-state index is 0.110. The van der Waals surface area contributed by atoms with Gasteiger partial charge in [0.15, 0.2) is 6.79 Å². The van der Waals surface area contributed by atoms with Gasteiger partial charge in [0, 0.05) is 6.07 Å². The average molecular weight is 246 g/mol. The van der Waals surface area contributed by atoms with Gasteiger partial charge in [0.25, 0.3) is 0 Å². The number of hydrogen-bond acceptors (Lipinski definition) is 2. The van der Waals surface area contributed by atoms with Crippen LogP contribution in [0.1, 0.15) is 11.1 Å². The number of halogens is 1. The molecule has 0 saturated heterocycles. The van der Waals surface area contributed by atoms with Gasteiger partial charge < -0.3 is 9.47 Å². The first-order valence-corrected chi connectivity index (χ1v) is 5.76. The SMILES string of the molecule is Cc1ccc(F)cc1OCOCc1ccccc1. The van der Waals surface area contributed by atoms with E-state index in [0.29, 0.717) is 12.4 Å². The maximum Gasteiger partial charge on any atom is 0.189 e. The van der Waals surface area contributed by atoms with Crippen LogP contribution in [0, 0.1) is 12.7 Å². The summed E-state index contributed by atoms with van der Waals surface area (Å²) >= 11 is 0. The summed E-state index contributed by atoms with van der Waals surface area (Å²) in [7, 11) is 0. The molecule has 0 atom stereocenters. The highest BCUT2D eigenvalue weighted by molar-refractivity contribution is 5.32. The highest BCUT2D eigenvalue weighted by atomic mass is 19.1. The van der Waals surface area contributed by atoms with Crippen molar-refractivity contribution < 1.29 is 13.9 Å². The second kappa shape index (κ2) is 6.17. The molecule has 2 aromatic carbocycles. The van der Waals surface area contributed by atoms with Crippen LogP contribution in [0.4, 0.5) is 4.39 Å². The van der Waals surface area contributed by atoms with Gasteiger partial charge in [0.2, 0.25) is 0 Å². The predicted molar refractivity (Wildman–Crippen MR) is 67.9 cm³/mol. The van der Waals surface area contributed by atoms with Crippen molar-refractivity contribution in [3.63, 3.8) is 0 Å². The molecule has 3 heteroatoms. The maximum atomic E-state index is 13.0. The van der Waals surface area contributed by atoms with Gasteiger partial charge in [-0.05, 0) is 24.1 Å². The molecule has 0 aliphatic heterocycles. The third kappa shape index (κ3) is 3.57. The van der Waals surface area contributed by atoms with Gasteiger partial charge in [0.1, 0.15) is 11.6 Å². The van der Waals surface area contributed by atoms with Crippen molar-refractivity contribution in [3.8, 4) is 5.75 Å². The topological polar surface area (TPSA) is 18.5 Å². The van der Waals surface area contributed by atoms with E-state index in [4.69, 9.17) is 9.47 Å². The lowest BCUT2D eigenvalue weighted by Crippen LogP contribution is -2.04. The van der Waals surface area contributed by atoms with Crippen LogP contribution >= 0.6 is 0 Å². The second-order valence-electron chi connectivity index (χ2n) is 4.01. The summed E-state index contributed by atoms with van der Waals surface area (Å²) in [5.41, 5.74) is 1.97. The smallest absolute Gasteiger partial charge is 0.189 e. The molecule has 2 rings (SSSR count). The molecule has 0 aliphatic carbocycles. The maximum absolute atomic E-state index is 13.0. The van der Waals surface area contributed by atoms with Crippen molar-refractivity contribution in [1.29, 1.82) is 0 Å². The molecule has 0 aliphatic rings. The van der Waals surface area contributed by atoms with Crippen molar-refractivity contribution in [3.05, 3.63) is 65.5 Å². The van der Waals surface area contributed by atoms with E-state index in [1.54, 1.807) is 6.07 Å². The second-order valence-corrected chi connectivity index (χ2v) is 4.01. The normalized spacial score (nSPS) is 10.3. The Balaban J connectivity index is 1.80. The van der Waals surface area contributed by atoms with E-state index in [1.807, 2.05) is 37.3 Å². The van der Waals surface area contributed by atoms with E-state index < -0.39 is 0 Å². The van der Waals surface area contributed by atoms with E-state index in [9.17, 15) is 4.39 Å². The van der Waals surface area contributed by atoms with Crippen LogP contribution in [0.2, 0.25) is 0 Å². The lowest BCUT2D eigenvalue weighted by molar-refractivity contribution is 0.00453.